The summed E-state index contributed by atoms with van der Waals surface area (Å²) in [5.74, 6) is -0.532. The van der Waals surface area contributed by atoms with Gasteiger partial charge in [-0.1, -0.05) is 60.7 Å². The van der Waals surface area contributed by atoms with Crippen LogP contribution in [-0.4, -0.2) is 37.5 Å². The summed E-state index contributed by atoms with van der Waals surface area (Å²) in [6.07, 6.45) is 1.60. The molecule has 3 aromatic carbocycles. The monoisotopic (exact) mass is 476 g/mol. The van der Waals surface area contributed by atoms with Crippen molar-refractivity contribution in [3.05, 3.63) is 95.6 Å². The quantitative estimate of drug-likeness (QED) is 0.508. The van der Waals surface area contributed by atoms with E-state index in [4.69, 9.17) is 0 Å². The fourth-order valence-electron chi connectivity index (χ4n) is 4.23. The highest BCUT2D eigenvalue weighted by Gasteiger charge is 2.32. The Morgan fingerprint density at radius 1 is 0.912 bits per heavy atom. The van der Waals surface area contributed by atoms with E-state index < -0.39 is 10.0 Å². The first kappa shape index (κ1) is 23.9. The van der Waals surface area contributed by atoms with E-state index >= 15 is 0 Å². The summed E-state index contributed by atoms with van der Waals surface area (Å²) < 4.78 is 27.5. The van der Waals surface area contributed by atoms with Gasteiger partial charge in [-0.3, -0.25) is 9.59 Å². The van der Waals surface area contributed by atoms with Crippen LogP contribution in [0.5, 0.6) is 0 Å². The predicted octanol–water partition coefficient (Wildman–Crippen LogP) is 4.52. The van der Waals surface area contributed by atoms with E-state index in [1.807, 2.05) is 42.5 Å². The number of piperidine rings is 1. The van der Waals surface area contributed by atoms with Crippen LogP contribution in [0.3, 0.4) is 0 Å². The minimum absolute atomic E-state index is 0.0869. The number of nitrogens with one attached hydrogen (secondary N) is 1. The Bertz CT molecular complexity index is 1280. The zero-order valence-electron chi connectivity index (χ0n) is 19.1. The van der Waals surface area contributed by atoms with Gasteiger partial charge in [0.2, 0.25) is 15.9 Å². The van der Waals surface area contributed by atoms with Crippen molar-refractivity contribution in [1.82, 2.24) is 4.31 Å². The van der Waals surface area contributed by atoms with E-state index in [9.17, 15) is 18.0 Å². The fraction of sp³-hybridized carbons (Fsp3) is 0.259. The summed E-state index contributed by atoms with van der Waals surface area (Å²) in [4.78, 5) is 24.8. The standard InChI is InChI=1S/C27H28N2O4S/c1-20(30)23-11-7-12-25(19-23)34(32,33)29-16-14-22(15-17-29)27(31)28-26-13-6-5-10-24(26)18-21-8-3-2-4-9-21/h2-13,19,22H,14-18H2,1H3,(H,28,31). The number of carbonyl (C=O) groups is 2. The number of ketones is 1. The van der Waals surface area contributed by atoms with Crippen LogP contribution in [0.25, 0.3) is 0 Å². The molecule has 0 saturated carbocycles. The average molecular weight is 477 g/mol. The number of carbonyl (C=O) groups excluding carboxylic acids is 2. The number of Topliss-reactive ketones (excluding diaryl/α,β-unsaturated/α-hetero) is 1. The molecule has 0 bridgehead atoms. The van der Waals surface area contributed by atoms with Crippen molar-refractivity contribution < 1.29 is 18.0 Å². The van der Waals surface area contributed by atoms with E-state index in [2.05, 4.69) is 17.4 Å². The number of benzene rings is 3. The molecule has 1 fully saturated rings. The molecule has 0 unspecified atom stereocenters. The number of nitrogens with zero attached hydrogens (tertiary/aromatic N) is 1. The minimum Gasteiger partial charge on any atom is -0.326 e. The molecule has 6 nitrogen and oxygen atoms in total. The second-order valence-corrected chi connectivity index (χ2v) is 10.5. The van der Waals surface area contributed by atoms with Crippen LogP contribution < -0.4 is 5.32 Å². The third-order valence-corrected chi connectivity index (χ3v) is 8.11. The van der Waals surface area contributed by atoms with Crippen molar-refractivity contribution in [3.63, 3.8) is 0 Å². The van der Waals surface area contributed by atoms with Crippen molar-refractivity contribution in [2.45, 2.75) is 31.1 Å². The molecule has 7 heteroatoms. The molecule has 176 valence electrons. The Hall–Kier alpha value is -3.29. The summed E-state index contributed by atoms with van der Waals surface area (Å²) >= 11 is 0. The number of rotatable bonds is 7. The molecule has 0 aliphatic carbocycles. The van der Waals surface area contributed by atoms with Crippen LogP contribution in [-0.2, 0) is 21.2 Å². The van der Waals surface area contributed by atoms with Crippen LogP contribution in [0.2, 0.25) is 0 Å². The Morgan fingerprint density at radius 2 is 1.59 bits per heavy atom. The first-order chi connectivity index (χ1) is 16.3. The highest BCUT2D eigenvalue weighted by Crippen LogP contribution is 2.26. The molecule has 0 aromatic heterocycles. The average Bonchev–Trinajstić information content (AvgIpc) is 2.86. The van der Waals surface area contributed by atoms with E-state index in [-0.39, 0.29) is 35.6 Å². The van der Waals surface area contributed by atoms with Gasteiger partial charge in [-0.05, 0) is 55.5 Å². The van der Waals surface area contributed by atoms with Crippen LogP contribution >= 0.6 is 0 Å². The maximum Gasteiger partial charge on any atom is 0.243 e. The van der Waals surface area contributed by atoms with Gasteiger partial charge in [-0.25, -0.2) is 8.42 Å². The largest absolute Gasteiger partial charge is 0.326 e. The van der Waals surface area contributed by atoms with Crippen LogP contribution in [0.15, 0.2) is 83.8 Å². The van der Waals surface area contributed by atoms with Gasteiger partial charge < -0.3 is 5.32 Å². The maximum atomic E-state index is 13.1. The van der Waals surface area contributed by atoms with Crippen LogP contribution in [0.4, 0.5) is 5.69 Å². The summed E-state index contributed by atoms with van der Waals surface area (Å²) in [5, 5.41) is 3.06. The van der Waals surface area contributed by atoms with Crippen molar-refractivity contribution in [2.75, 3.05) is 18.4 Å². The van der Waals surface area contributed by atoms with Gasteiger partial charge in [0.15, 0.2) is 5.78 Å². The molecule has 3 aromatic rings. The Labute approximate surface area is 200 Å². The van der Waals surface area contributed by atoms with E-state index in [1.54, 1.807) is 12.1 Å². The fourth-order valence-corrected chi connectivity index (χ4v) is 5.75. The van der Waals surface area contributed by atoms with Gasteiger partial charge in [0.1, 0.15) is 0 Å². The highest BCUT2D eigenvalue weighted by molar-refractivity contribution is 7.89. The molecule has 4 rings (SSSR count). The molecule has 1 heterocycles. The Kier molecular flexibility index (Phi) is 7.24. The third kappa shape index (κ3) is 5.43. The number of para-hydroxylation sites is 1. The smallest absolute Gasteiger partial charge is 0.243 e. The summed E-state index contributed by atoms with van der Waals surface area (Å²) in [5.41, 5.74) is 3.35. The van der Waals surface area contributed by atoms with Crippen molar-refractivity contribution in [3.8, 4) is 0 Å². The summed E-state index contributed by atoms with van der Waals surface area (Å²) in [7, 11) is -3.72. The molecule has 34 heavy (non-hydrogen) atoms. The van der Waals surface area contributed by atoms with Gasteiger partial charge in [-0.2, -0.15) is 4.31 Å². The SMILES string of the molecule is CC(=O)c1cccc(S(=O)(=O)N2CCC(C(=O)Nc3ccccc3Cc3ccccc3)CC2)c1. The number of hydrogen-bond acceptors (Lipinski definition) is 4. The molecule has 1 N–H and O–H groups in total. The zero-order chi connectivity index (χ0) is 24.1. The summed E-state index contributed by atoms with van der Waals surface area (Å²) in [6, 6.07) is 23.9. The first-order valence-corrected chi connectivity index (χ1v) is 12.8. The molecule has 0 atom stereocenters. The Morgan fingerprint density at radius 3 is 2.29 bits per heavy atom. The lowest BCUT2D eigenvalue weighted by molar-refractivity contribution is -0.120. The first-order valence-electron chi connectivity index (χ1n) is 11.4. The van der Waals surface area contributed by atoms with Gasteiger partial charge in [0, 0.05) is 30.3 Å². The van der Waals surface area contributed by atoms with Gasteiger partial charge in [0.25, 0.3) is 0 Å². The normalized spacial score (nSPS) is 15.1. The second-order valence-electron chi connectivity index (χ2n) is 8.57. The lowest BCUT2D eigenvalue weighted by Gasteiger charge is -2.30. The maximum absolute atomic E-state index is 13.1. The lowest BCUT2D eigenvalue weighted by Crippen LogP contribution is -2.41. The molecular weight excluding hydrogens is 448 g/mol. The van der Waals surface area contributed by atoms with Crippen molar-refractivity contribution in [2.24, 2.45) is 5.92 Å². The molecule has 1 aliphatic rings. The van der Waals surface area contributed by atoms with Crippen LogP contribution in [0, 0.1) is 5.92 Å². The lowest BCUT2D eigenvalue weighted by atomic mass is 9.96. The number of amides is 1. The molecule has 1 amide bonds. The third-order valence-electron chi connectivity index (χ3n) is 6.22. The second kappa shape index (κ2) is 10.3. The van der Waals surface area contributed by atoms with Crippen molar-refractivity contribution >= 4 is 27.4 Å². The van der Waals surface area contributed by atoms with E-state index in [0.29, 0.717) is 24.8 Å². The summed E-state index contributed by atoms with van der Waals surface area (Å²) in [6.45, 7) is 1.93. The molecular formula is C27H28N2O4S. The van der Waals surface area contributed by atoms with Gasteiger partial charge >= 0.3 is 0 Å². The Balaban J connectivity index is 1.40. The number of anilines is 1. The highest BCUT2D eigenvalue weighted by atomic mass is 32.2. The number of hydrogen-bond donors (Lipinski definition) is 1. The number of sulfonamides is 1. The van der Waals surface area contributed by atoms with E-state index in [0.717, 1.165) is 16.8 Å². The van der Waals surface area contributed by atoms with Gasteiger partial charge in [0.05, 0.1) is 4.90 Å². The molecule has 1 aliphatic heterocycles. The minimum atomic E-state index is -3.72. The van der Waals surface area contributed by atoms with Crippen molar-refractivity contribution in [1.29, 1.82) is 0 Å². The molecule has 1 saturated heterocycles. The molecule has 0 radical (unpaired) electrons. The molecule has 0 spiro atoms. The van der Waals surface area contributed by atoms with E-state index in [1.165, 1.54) is 23.4 Å². The predicted molar refractivity (Wildman–Crippen MR) is 132 cm³/mol. The zero-order valence-corrected chi connectivity index (χ0v) is 19.9. The van der Waals surface area contributed by atoms with Crippen LogP contribution in [0.1, 0.15) is 41.3 Å². The topological polar surface area (TPSA) is 83.6 Å². The van der Waals surface area contributed by atoms with Gasteiger partial charge in [-0.15, -0.1) is 0 Å².